The lowest BCUT2D eigenvalue weighted by atomic mass is 9.96. The number of para-hydroxylation sites is 1. The Hall–Kier alpha value is -1.42. The third-order valence-corrected chi connectivity index (χ3v) is 5.63. The van der Waals surface area contributed by atoms with E-state index in [9.17, 15) is 10.1 Å². The van der Waals surface area contributed by atoms with Crippen LogP contribution in [0.5, 0.6) is 0 Å². The molecule has 0 bridgehead atoms. The highest BCUT2D eigenvalue weighted by molar-refractivity contribution is 5.40. The van der Waals surface area contributed by atoms with Crippen LogP contribution in [0.25, 0.3) is 0 Å². The summed E-state index contributed by atoms with van der Waals surface area (Å²) in [7, 11) is 0. The molecule has 0 aromatic heterocycles. The molecule has 1 aliphatic rings. The van der Waals surface area contributed by atoms with Crippen LogP contribution in [0, 0.1) is 26.9 Å². The van der Waals surface area contributed by atoms with Crippen molar-refractivity contribution in [3.8, 4) is 0 Å². The summed E-state index contributed by atoms with van der Waals surface area (Å²) in [5, 5.41) is 14.7. The van der Waals surface area contributed by atoms with Crippen LogP contribution < -0.4 is 5.32 Å². The highest BCUT2D eigenvalue weighted by Gasteiger charge is 2.66. The minimum atomic E-state index is -0.276. The molecule has 1 aromatic carbocycles. The zero-order valence-corrected chi connectivity index (χ0v) is 13.6. The summed E-state index contributed by atoms with van der Waals surface area (Å²) < 4.78 is 0. The molecule has 1 fully saturated rings. The fraction of sp³-hybridized carbons (Fsp3) is 0.647. The Morgan fingerprint density at radius 3 is 2.29 bits per heavy atom. The van der Waals surface area contributed by atoms with Crippen molar-refractivity contribution in [3.05, 3.63) is 39.9 Å². The molecule has 0 spiro atoms. The number of rotatable bonds is 6. The molecule has 0 heterocycles. The van der Waals surface area contributed by atoms with Crippen LogP contribution in [0.4, 0.5) is 5.69 Å². The van der Waals surface area contributed by atoms with E-state index in [-0.39, 0.29) is 27.5 Å². The van der Waals surface area contributed by atoms with Crippen LogP contribution in [-0.4, -0.2) is 17.5 Å². The van der Waals surface area contributed by atoms with Gasteiger partial charge in [-0.2, -0.15) is 0 Å². The first-order valence-corrected chi connectivity index (χ1v) is 7.69. The van der Waals surface area contributed by atoms with Gasteiger partial charge in [0, 0.05) is 17.7 Å². The summed E-state index contributed by atoms with van der Waals surface area (Å²) in [5.41, 5.74) is 1.59. The number of hydrogen-bond donors (Lipinski definition) is 1. The highest BCUT2D eigenvalue weighted by Crippen LogP contribution is 2.69. The van der Waals surface area contributed by atoms with Gasteiger partial charge in [-0.1, -0.05) is 52.8 Å². The van der Waals surface area contributed by atoms with Crippen LogP contribution in [0.2, 0.25) is 0 Å². The summed E-state index contributed by atoms with van der Waals surface area (Å²) in [6.45, 7) is 12.1. The molecule has 21 heavy (non-hydrogen) atoms. The van der Waals surface area contributed by atoms with Gasteiger partial charge in [-0.25, -0.2) is 0 Å². The summed E-state index contributed by atoms with van der Waals surface area (Å²) in [6, 6.07) is 7.37. The Balaban J connectivity index is 2.25. The topological polar surface area (TPSA) is 55.2 Å². The van der Waals surface area contributed by atoms with Crippen LogP contribution in [-0.2, 0) is 6.42 Å². The van der Waals surface area contributed by atoms with Crippen molar-refractivity contribution >= 4 is 5.69 Å². The summed E-state index contributed by atoms with van der Waals surface area (Å²) >= 11 is 0. The van der Waals surface area contributed by atoms with Crippen molar-refractivity contribution in [2.45, 2.75) is 47.1 Å². The van der Waals surface area contributed by atoms with Gasteiger partial charge in [-0.05, 0) is 29.7 Å². The zero-order valence-electron chi connectivity index (χ0n) is 13.6. The molecule has 116 valence electrons. The minimum Gasteiger partial charge on any atom is -0.314 e. The monoisotopic (exact) mass is 290 g/mol. The van der Waals surface area contributed by atoms with Crippen LogP contribution in [0.3, 0.4) is 0 Å². The van der Waals surface area contributed by atoms with Gasteiger partial charge >= 0.3 is 0 Å². The predicted octanol–water partition coefficient (Wildman–Crippen LogP) is 3.80. The largest absolute Gasteiger partial charge is 0.314 e. The van der Waals surface area contributed by atoms with Crippen LogP contribution >= 0.6 is 0 Å². The Kier molecular flexibility index (Phi) is 4.11. The summed E-state index contributed by atoms with van der Waals surface area (Å²) in [6.07, 6.45) is 0.711. The predicted molar refractivity (Wildman–Crippen MR) is 85.3 cm³/mol. The van der Waals surface area contributed by atoms with Gasteiger partial charge < -0.3 is 5.32 Å². The molecule has 4 heteroatoms. The molecule has 0 radical (unpaired) electrons. The van der Waals surface area contributed by atoms with E-state index in [2.05, 4.69) is 39.9 Å². The standard InChI is InChI=1S/C17H26N2O2/c1-6-18-13(15-16(2,3)17(15,4)5)11-12-9-7-8-10-14(12)19(20)21/h7-10,13,15,18H,6,11H2,1-5H3. The maximum Gasteiger partial charge on any atom is 0.272 e. The molecule has 1 saturated carbocycles. The molecule has 1 atom stereocenters. The lowest BCUT2D eigenvalue weighted by Crippen LogP contribution is -2.35. The van der Waals surface area contributed by atoms with Crippen molar-refractivity contribution in [1.29, 1.82) is 0 Å². The van der Waals surface area contributed by atoms with E-state index in [0.29, 0.717) is 12.3 Å². The first-order valence-electron chi connectivity index (χ1n) is 7.69. The van der Waals surface area contributed by atoms with Gasteiger partial charge in [-0.3, -0.25) is 10.1 Å². The second-order valence-electron chi connectivity index (χ2n) is 7.18. The Labute approximate surface area is 127 Å². The van der Waals surface area contributed by atoms with Crippen LogP contribution in [0.15, 0.2) is 24.3 Å². The molecule has 1 N–H and O–H groups in total. The fourth-order valence-corrected chi connectivity index (χ4v) is 3.92. The number of benzene rings is 1. The zero-order chi connectivity index (χ0) is 15.8. The number of nitrogens with zero attached hydrogens (tertiary/aromatic N) is 1. The molecule has 1 aliphatic carbocycles. The number of hydrogen-bond acceptors (Lipinski definition) is 3. The van der Waals surface area contributed by atoms with Crippen molar-refractivity contribution in [3.63, 3.8) is 0 Å². The second kappa shape index (κ2) is 5.41. The van der Waals surface area contributed by atoms with Gasteiger partial charge in [-0.15, -0.1) is 0 Å². The Morgan fingerprint density at radius 2 is 1.81 bits per heavy atom. The van der Waals surface area contributed by atoms with Gasteiger partial charge in [0.1, 0.15) is 0 Å². The number of nitro groups is 1. The van der Waals surface area contributed by atoms with E-state index in [1.54, 1.807) is 12.1 Å². The third kappa shape index (κ3) is 2.69. The van der Waals surface area contributed by atoms with Gasteiger partial charge in [0.25, 0.3) is 5.69 Å². The first-order chi connectivity index (χ1) is 9.73. The smallest absolute Gasteiger partial charge is 0.272 e. The average Bonchev–Trinajstić information content (AvgIpc) is 2.79. The van der Waals surface area contributed by atoms with E-state index in [1.807, 2.05) is 12.1 Å². The van der Waals surface area contributed by atoms with E-state index in [0.717, 1.165) is 12.1 Å². The first kappa shape index (κ1) is 16.0. The van der Waals surface area contributed by atoms with Crippen LogP contribution in [0.1, 0.15) is 40.2 Å². The number of likely N-dealkylation sites (N-methyl/N-ethyl adjacent to an activating group) is 1. The van der Waals surface area contributed by atoms with Gasteiger partial charge in [0.2, 0.25) is 0 Å². The van der Waals surface area contributed by atoms with E-state index in [1.165, 1.54) is 0 Å². The maximum absolute atomic E-state index is 11.2. The lowest BCUT2D eigenvalue weighted by molar-refractivity contribution is -0.385. The van der Waals surface area contributed by atoms with Crippen molar-refractivity contribution < 1.29 is 4.92 Å². The molecule has 4 nitrogen and oxygen atoms in total. The average molecular weight is 290 g/mol. The quantitative estimate of drug-likeness (QED) is 0.640. The molecular weight excluding hydrogens is 264 g/mol. The maximum atomic E-state index is 11.2. The molecule has 1 unspecified atom stereocenters. The van der Waals surface area contributed by atoms with Gasteiger partial charge in [0.15, 0.2) is 0 Å². The summed E-state index contributed by atoms with van der Waals surface area (Å²) in [5.74, 6) is 0.532. The second-order valence-corrected chi connectivity index (χ2v) is 7.18. The van der Waals surface area contributed by atoms with Crippen molar-refractivity contribution in [2.75, 3.05) is 6.54 Å². The minimum absolute atomic E-state index is 0.233. The van der Waals surface area contributed by atoms with Crippen molar-refractivity contribution in [2.24, 2.45) is 16.7 Å². The third-order valence-electron chi connectivity index (χ3n) is 5.63. The normalized spacial score (nSPS) is 21.0. The fourth-order valence-electron chi connectivity index (χ4n) is 3.92. The van der Waals surface area contributed by atoms with E-state index >= 15 is 0 Å². The molecule has 0 aliphatic heterocycles. The van der Waals surface area contributed by atoms with E-state index in [4.69, 9.17) is 0 Å². The molecule has 0 amide bonds. The molecule has 1 aromatic rings. The highest BCUT2D eigenvalue weighted by atomic mass is 16.6. The van der Waals surface area contributed by atoms with Crippen molar-refractivity contribution in [1.82, 2.24) is 5.32 Å². The van der Waals surface area contributed by atoms with E-state index < -0.39 is 0 Å². The Bertz CT molecular complexity index is 523. The number of nitrogens with one attached hydrogen (secondary N) is 1. The molecule has 2 rings (SSSR count). The molecule has 0 saturated heterocycles. The summed E-state index contributed by atoms with van der Waals surface area (Å²) in [4.78, 5) is 10.9. The SMILES string of the molecule is CCNC(Cc1ccccc1[N+](=O)[O-])C1C(C)(C)C1(C)C. The Morgan fingerprint density at radius 1 is 1.24 bits per heavy atom. The molecular formula is C17H26N2O2. The lowest BCUT2D eigenvalue weighted by Gasteiger charge is -2.20. The number of nitro benzene ring substituents is 1. The van der Waals surface area contributed by atoms with Gasteiger partial charge in [0.05, 0.1) is 4.92 Å².